The van der Waals surface area contributed by atoms with Crippen LogP contribution in [0.1, 0.15) is 201 Å². The van der Waals surface area contributed by atoms with Gasteiger partial charge in [-0.25, -0.2) is 4.79 Å². The molecule has 0 saturated carbocycles. The summed E-state index contributed by atoms with van der Waals surface area (Å²) in [4.78, 5) is 36.0. The zero-order valence-corrected chi connectivity index (χ0v) is 28.7. The number of carboxylic acid groups (broad SMARTS) is 1. The van der Waals surface area contributed by atoms with Crippen LogP contribution in [0.3, 0.4) is 0 Å². The fourth-order valence-corrected chi connectivity index (χ4v) is 5.63. The molecule has 0 aromatic carbocycles. The van der Waals surface area contributed by atoms with Crippen LogP contribution in [0.5, 0.6) is 0 Å². The van der Waals surface area contributed by atoms with Gasteiger partial charge < -0.3 is 15.2 Å². The Morgan fingerprint density at radius 1 is 0.581 bits per heavy atom. The van der Waals surface area contributed by atoms with Gasteiger partial charge in [0.05, 0.1) is 13.0 Å². The molecule has 0 aliphatic carbocycles. The fourth-order valence-electron chi connectivity index (χ4n) is 5.63. The van der Waals surface area contributed by atoms with E-state index in [9.17, 15) is 19.5 Å². The van der Waals surface area contributed by atoms with E-state index in [0.29, 0.717) is 6.42 Å². The highest BCUT2D eigenvalue weighted by atomic mass is 16.5. The van der Waals surface area contributed by atoms with Crippen molar-refractivity contribution in [3.05, 3.63) is 0 Å². The maximum atomic E-state index is 12.4. The van der Waals surface area contributed by atoms with Crippen molar-refractivity contribution in [2.24, 2.45) is 5.92 Å². The highest BCUT2D eigenvalue weighted by Gasteiger charge is 2.25. The van der Waals surface area contributed by atoms with E-state index in [-0.39, 0.29) is 12.5 Å². The first kappa shape index (κ1) is 41.4. The predicted octanol–water partition coefficient (Wildman–Crippen LogP) is 10.7. The molecule has 0 aromatic heterocycles. The van der Waals surface area contributed by atoms with Gasteiger partial charge in [0.25, 0.3) is 0 Å². The lowest BCUT2D eigenvalue weighted by molar-refractivity contribution is -0.151. The second-order valence-corrected chi connectivity index (χ2v) is 13.3. The molecule has 0 heterocycles. The summed E-state index contributed by atoms with van der Waals surface area (Å²) in [6.45, 7) is 7.13. The Balaban J connectivity index is 3.71. The van der Waals surface area contributed by atoms with Crippen LogP contribution in [0.2, 0.25) is 0 Å². The third kappa shape index (κ3) is 31.6. The van der Waals surface area contributed by atoms with Gasteiger partial charge in [0.2, 0.25) is 5.91 Å². The predicted molar refractivity (Wildman–Crippen MR) is 180 cm³/mol. The first-order chi connectivity index (χ1) is 20.9. The molecule has 0 spiro atoms. The molecule has 0 bridgehead atoms. The van der Waals surface area contributed by atoms with Gasteiger partial charge in [-0.2, -0.15) is 0 Å². The normalized spacial score (nSPS) is 12.0. The van der Waals surface area contributed by atoms with Gasteiger partial charge >= 0.3 is 11.9 Å². The number of amides is 1. The number of unbranched alkanes of at least 4 members (excludes halogenated alkanes) is 23. The summed E-state index contributed by atoms with van der Waals surface area (Å²) < 4.78 is 5.32. The molecule has 0 aliphatic heterocycles. The second kappa shape index (κ2) is 31.8. The molecule has 0 rings (SSSR count). The van der Waals surface area contributed by atoms with Crippen LogP contribution in [0, 0.1) is 5.92 Å². The number of hydrogen-bond donors (Lipinski definition) is 2. The molecule has 0 aliphatic rings. The quantitative estimate of drug-likeness (QED) is 0.0570. The fraction of sp³-hybridized carbons (Fsp3) is 0.919. The van der Waals surface area contributed by atoms with Crippen molar-refractivity contribution in [1.82, 2.24) is 5.32 Å². The first-order valence-corrected chi connectivity index (χ1v) is 18.5. The van der Waals surface area contributed by atoms with Gasteiger partial charge in [-0.3, -0.25) is 9.59 Å². The Bertz CT molecular complexity index is 651. The highest BCUT2D eigenvalue weighted by Crippen LogP contribution is 2.15. The SMILES string of the molecule is CCCCCCCCCCCCC(=O)N[C@@H](CC(=O)O)C(=O)OCCCCCCCCCCCCCCCCCC(C)C. The number of rotatable bonds is 33. The number of carbonyl (C=O) groups excluding carboxylic acids is 2. The third-order valence-corrected chi connectivity index (χ3v) is 8.43. The van der Waals surface area contributed by atoms with Crippen LogP contribution in [-0.4, -0.2) is 35.6 Å². The molecule has 6 nitrogen and oxygen atoms in total. The van der Waals surface area contributed by atoms with Gasteiger partial charge in [0, 0.05) is 6.42 Å². The summed E-state index contributed by atoms with van der Waals surface area (Å²) >= 11 is 0. The smallest absolute Gasteiger partial charge is 0.329 e. The van der Waals surface area contributed by atoms with Crippen LogP contribution in [0.25, 0.3) is 0 Å². The van der Waals surface area contributed by atoms with Crippen molar-refractivity contribution >= 4 is 17.8 Å². The summed E-state index contributed by atoms with van der Waals surface area (Å²) in [7, 11) is 0. The molecule has 0 unspecified atom stereocenters. The molecular formula is C37H71NO5. The molecule has 1 amide bonds. The highest BCUT2D eigenvalue weighted by molar-refractivity contribution is 5.87. The molecule has 0 fully saturated rings. The van der Waals surface area contributed by atoms with E-state index in [1.807, 2.05) is 0 Å². The molecule has 0 radical (unpaired) electrons. The van der Waals surface area contributed by atoms with Crippen molar-refractivity contribution in [1.29, 1.82) is 0 Å². The monoisotopic (exact) mass is 610 g/mol. The lowest BCUT2D eigenvalue weighted by atomic mass is 10.0. The van der Waals surface area contributed by atoms with Crippen LogP contribution in [0.15, 0.2) is 0 Å². The Morgan fingerprint density at radius 2 is 0.977 bits per heavy atom. The van der Waals surface area contributed by atoms with Crippen molar-refractivity contribution in [2.75, 3.05) is 6.61 Å². The molecule has 43 heavy (non-hydrogen) atoms. The second-order valence-electron chi connectivity index (χ2n) is 13.3. The lowest BCUT2D eigenvalue weighted by Crippen LogP contribution is -2.43. The number of nitrogens with one attached hydrogen (secondary N) is 1. The Morgan fingerprint density at radius 3 is 1.40 bits per heavy atom. The Hall–Kier alpha value is -1.59. The zero-order valence-electron chi connectivity index (χ0n) is 28.7. The molecule has 1 atom stereocenters. The van der Waals surface area contributed by atoms with Crippen LogP contribution < -0.4 is 5.32 Å². The van der Waals surface area contributed by atoms with Gasteiger partial charge in [-0.1, -0.05) is 175 Å². The van der Waals surface area contributed by atoms with Crippen molar-refractivity contribution in [3.8, 4) is 0 Å². The van der Waals surface area contributed by atoms with Crippen molar-refractivity contribution in [2.45, 2.75) is 207 Å². The molecule has 6 heteroatoms. The van der Waals surface area contributed by atoms with E-state index >= 15 is 0 Å². The van der Waals surface area contributed by atoms with E-state index in [1.165, 1.54) is 128 Å². The minimum atomic E-state index is -1.12. The molecule has 2 N–H and O–H groups in total. The number of esters is 1. The number of aliphatic carboxylic acids is 1. The topological polar surface area (TPSA) is 92.7 Å². The number of carboxylic acids is 1. The Labute approximate surface area is 266 Å². The molecule has 0 saturated heterocycles. The average Bonchev–Trinajstić information content (AvgIpc) is 2.96. The van der Waals surface area contributed by atoms with E-state index in [1.54, 1.807) is 0 Å². The van der Waals surface area contributed by atoms with Crippen LogP contribution in [0.4, 0.5) is 0 Å². The standard InChI is InChI=1S/C37H71NO5/c1-4-5-6-7-8-9-18-21-24-27-30-35(39)38-34(32-36(40)41)37(42)43-31-28-25-22-19-16-14-12-10-11-13-15-17-20-23-26-29-33(2)3/h33-34H,4-32H2,1-3H3,(H,38,39)(H,40,41)/t34-/m0/s1. The molecular weight excluding hydrogens is 538 g/mol. The number of carbonyl (C=O) groups is 3. The largest absolute Gasteiger partial charge is 0.481 e. The van der Waals surface area contributed by atoms with E-state index in [2.05, 4.69) is 26.1 Å². The summed E-state index contributed by atoms with van der Waals surface area (Å²) in [6.07, 6.45) is 32.2. The summed E-state index contributed by atoms with van der Waals surface area (Å²) in [5.74, 6) is -1.17. The van der Waals surface area contributed by atoms with E-state index < -0.39 is 24.4 Å². The summed E-state index contributed by atoms with van der Waals surface area (Å²) in [5, 5.41) is 11.8. The lowest BCUT2D eigenvalue weighted by Gasteiger charge is -2.16. The molecule has 254 valence electrons. The minimum absolute atomic E-state index is 0.268. The van der Waals surface area contributed by atoms with E-state index in [4.69, 9.17) is 4.74 Å². The van der Waals surface area contributed by atoms with Crippen LogP contribution >= 0.6 is 0 Å². The van der Waals surface area contributed by atoms with Gasteiger partial charge in [-0.05, 0) is 18.8 Å². The van der Waals surface area contributed by atoms with Gasteiger partial charge in [0.1, 0.15) is 6.04 Å². The zero-order chi connectivity index (χ0) is 31.8. The third-order valence-electron chi connectivity index (χ3n) is 8.43. The number of ether oxygens (including phenoxy) is 1. The Kier molecular flexibility index (Phi) is 30.6. The van der Waals surface area contributed by atoms with Gasteiger partial charge in [-0.15, -0.1) is 0 Å². The van der Waals surface area contributed by atoms with E-state index in [0.717, 1.165) is 44.4 Å². The van der Waals surface area contributed by atoms with Crippen molar-refractivity contribution < 1.29 is 24.2 Å². The maximum absolute atomic E-state index is 12.4. The summed E-state index contributed by atoms with van der Waals surface area (Å²) in [5.41, 5.74) is 0. The van der Waals surface area contributed by atoms with Gasteiger partial charge in [0.15, 0.2) is 0 Å². The summed E-state index contributed by atoms with van der Waals surface area (Å²) in [6, 6.07) is -1.11. The van der Waals surface area contributed by atoms with Crippen molar-refractivity contribution in [3.63, 3.8) is 0 Å². The maximum Gasteiger partial charge on any atom is 0.329 e. The van der Waals surface area contributed by atoms with Crippen LogP contribution in [-0.2, 0) is 19.1 Å². The minimum Gasteiger partial charge on any atom is -0.481 e. The number of hydrogen-bond acceptors (Lipinski definition) is 4. The average molecular weight is 610 g/mol. The molecule has 0 aromatic rings. The first-order valence-electron chi connectivity index (χ1n) is 18.5.